The fourth-order valence-electron chi connectivity index (χ4n) is 2.38. The Hall–Kier alpha value is -3.12. The number of nitrogens with zero attached hydrogens (tertiary/aromatic N) is 6. The van der Waals surface area contributed by atoms with Crippen LogP contribution in [0.5, 0.6) is 5.75 Å². The maximum Gasteiger partial charge on any atom is 0.573 e. The van der Waals surface area contributed by atoms with Crippen LogP contribution in [0.1, 0.15) is 5.89 Å². The van der Waals surface area contributed by atoms with Gasteiger partial charge in [0.2, 0.25) is 16.9 Å². The zero-order valence-electron chi connectivity index (χ0n) is 14.7. The van der Waals surface area contributed by atoms with Crippen molar-refractivity contribution in [2.24, 2.45) is 0 Å². The van der Waals surface area contributed by atoms with Crippen molar-refractivity contribution in [3.63, 3.8) is 0 Å². The van der Waals surface area contributed by atoms with E-state index in [0.717, 1.165) is 5.56 Å². The van der Waals surface area contributed by atoms with Crippen molar-refractivity contribution < 1.29 is 22.4 Å². The van der Waals surface area contributed by atoms with Gasteiger partial charge in [0.1, 0.15) is 5.75 Å². The zero-order valence-corrected chi connectivity index (χ0v) is 16.3. The highest BCUT2D eigenvalue weighted by Gasteiger charge is 2.31. The molecule has 2 aromatic carbocycles. The standard InChI is InChI=1S/C17H10ClF3N6O2S/c18-11-3-1-10(2-4-11)15-22-14(29-24-15)9-30-16-23-25-26-27(16)12-5-7-13(8-6-12)28-17(19,20)21/h1-8H,9H2. The van der Waals surface area contributed by atoms with E-state index in [1.807, 2.05) is 0 Å². The molecule has 2 aromatic heterocycles. The fraction of sp³-hybridized carbons (Fsp3) is 0.118. The summed E-state index contributed by atoms with van der Waals surface area (Å²) in [7, 11) is 0. The van der Waals surface area contributed by atoms with E-state index in [1.54, 1.807) is 24.3 Å². The summed E-state index contributed by atoms with van der Waals surface area (Å²) in [5.41, 5.74) is 1.22. The SMILES string of the molecule is FC(F)(F)Oc1ccc(-n2nnnc2SCc2nc(-c3ccc(Cl)cc3)no2)cc1. The molecular weight excluding hydrogens is 445 g/mol. The van der Waals surface area contributed by atoms with E-state index in [1.165, 1.54) is 40.7 Å². The molecule has 0 unspecified atom stereocenters. The molecule has 0 radical (unpaired) electrons. The molecule has 0 N–H and O–H groups in total. The van der Waals surface area contributed by atoms with E-state index in [4.69, 9.17) is 16.1 Å². The van der Waals surface area contributed by atoms with Gasteiger partial charge in [-0.1, -0.05) is 28.5 Å². The van der Waals surface area contributed by atoms with E-state index < -0.39 is 6.36 Å². The summed E-state index contributed by atoms with van der Waals surface area (Å²) in [5.74, 6) is 0.723. The molecule has 0 aliphatic rings. The maximum atomic E-state index is 12.3. The lowest BCUT2D eigenvalue weighted by atomic mass is 10.2. The molecule has 30 heavy (non-hydrogen) atoms. The van der Waals surface area contributed by atoms with E-state index in [2.05, 4.69) is 30.4 Å². The molecule has 0 amide bonds. The number of benzene rings is 2. The first-order valence-corrected chi connectivity index (χ1v) is 9.60. The molecule has 0 saturated heterocycles. The van der Waals surface area contributed by atoms with Gasteiger partial charge in [-0.2, -0.15) is 9.67 Å². The Kier molecular flexibility index (Phi) is 5.59. The molecule has 0 saturated carbocycles. The van der Waals surface area contributed by atoms with Crippen molar-refractivity contribution in [1.82, 2.24) is 30.3 Å². The van der Waals surface area contributed by atoms with Crippen molar-refractivity contribution >= 4 is 23.4 Å². The van der Waals surface area contributed by atoms with Gasteiger partial charge in [0.15, 0.2) is 0 Å². The van der Waals surface area contributed by atoms with Gasteiger partial charge in [0, 0.05) is 10.6 Å². The van der Waals surface area contributed by atoms with Crippen LogP contribution in [0.15, 0.2) is 58.2 Å². The minimum absolute atomic E-state index is 0.288. The number of rotatable bonds is 6. The van der Waals surface area contributed by atoms with Gasteiger partial charge in [-0.05, 0) is 59.0 Å². The largest absolute Gasteiger partial charge is 0.573 e. The lowest BCUT2D eigenvalue weighted by molar-refractivity contribution is -0.274. The third-order valence-electron chi connectivity index (χ3n) is 3.65. The molecule has 0 spiro atoms. The van der Waals surface area contributed by atoms with Crippen LogP contribution in [0, 0.1) is 0 Å². The molecule has 4 rings (SSSR count). The molecule has 0 aliphatic carbocycles. The van der Waals surface area contributed by atoms with Gasteiger partial charge in [-0.25, -0.2) is 0 Å². The molecule has 2 heterocycles. The number of ether oxygens (including phenoxy) is 1. The highest BCUT2D eigenvalue weighted by Crippen LogP contribution is 2.26. The average Bonchev–Trinajstić information content (AvgIpc) is 3.36. The monoisotopic (exact) mass is 454 g/mol. The minimum atomic E-state index is -4.76. The van der Waals surface area contributed by atoms with Gasteiger partial charge in [-0.3, -0.25) is 0 Å². The molecule has 0 bridgehead atoms. The predicted molar refractivity (Wildman–Crippen MR) is 100 cm³/mol. The Bertz CT molecular complexity index is 1130. The molecule has 0 aliphatic heterocycles. The Labute approximate surface area is 176 Å². The molecular formula is C17H10ClF3N6O2S. The second-order valence-electron chi connectivity index (χ2n) is 5.72. The van der Waals surface area contributed by atoms with E-state index in [-0.39, 0.29) is 11.5 Å². The Morgan fingerprint density at radius 2 is 1.80 bits per heavy atom. The first-order chi connectivity index (χ1) is 14.4. The maximum absolute atomic E-state index is 12.3. The van der Waals surface area contributed by atoms with Crippen molar-refractivity contribution in [3.05, 3.63) is 59.4 Å². The third-order valence-corrected chi connectivity index (χ3v) is 4.81. The predicted octanol–water partition coefficient (Wildman–Crippen LogP) is 4.56. The number of thioether (sulfide) groups is 1. The van der Waals surface area contributed by atoms with Gasteiger partial charge in [-0.15, -0.1) is 18.3 Å². The summed E-state index contributed by atoms with van der Waals surface area (Å²) < 4.78 is 47.3. The number of alkyl halides is 3. The van der Waals surface area contributed by atoms with Crippen molar-refractivity contribution in [1.29, 1.82) is 0 Å². The summed E-state index contributed by atoms with van der Waals surface area (Å²) in [6.07, 6.45) is -4.76. The number of tetrazole rings is 1. The lowest BCUT2D eigenvalue weighted by Gasteiger charge is -2.09. The van der Waals surface area contributed by atoms with Crippen LogP contribution in [0.4, 0.5) is 13.2 Å². The molecule has 154 valence electrons. The molecule has 13 heteroatoms. The summed E-state index contributed by atoms with van der Waals surface area (Å²) >= 11 is 7.09. The van der Waals surface area contributed by atoms with E-state index in [9.17, 15) is 13.2 Å². The van der Waals surface area contributed by atoms with E-state index in [0.29, 0.717) is 27.6 Å². The molecule has 8 nitrogen and oxygen atoms in total. The number of aromatic nitrogens is 6. The smallest absolute Gasteiger partial charge is 0.406 e. The van der Waals surface area contributed by atoms with Crippen LogP contribution in [0.25, 0.3) is 17.1 Å². The van der Waals surface area contributed by atoms with Crippen LogP contribution in [-0.4, -0.2) is 36.7 Å². The lowest BCUT2D eigenvalue weighted by Crippen LogP contribution is -2.17. The van der Waals surface area contributed by atoms with Gasteiger partial charge in [0.05, 0.1) is 11.4 Å². The highest BCUT2D eigenvalue weighted by molar-refractivity contribution is 7.98. The van der Waals surface area contributed by atoms with Crippen LogP contribution in [0.2, 0.25) is 5.02 Å². The van der Waals surface area contributed by atoms with E-state index >= 15 is 0 Å². The molecule has 0 fully saturated rings. The molecule has 4 aromatic rings. The van der Waals surface area contributed by atoms with Crippen LogP contribution >= 0.6 is 23.4 Å². The van der Waals surface area contributed by atoms with Gasteiger partial charge < -0.3 is 9.26 Å². The first kappa shape index (κ1) is 20.2. The average molecular weight is 455 g/mol. The Morgan fingerprint density at radius 1 is 1.07 bits per heavy atom. The summed E-state index contributed by atoms with van der Waals surface area (Å²) in [5, 5.41) is 16.3. The van der Waals surface area contributed by atoms with Crippen molar-refractivity contribution in [3.8, 4) is 22.8 Å². The van der Waals surface area contributed by atoms with Crippen molar-refractivity contribution in [2.75, 3.05) is 0 Å². The zero-order chi connectivity index (χ0) is 21.1. The highest BCUT2D eigenvalue weighted by atomic mass is 35.5. The molecule has 0 atom stereocenters. The topological polar surface area (TPSA) is 91.8 Å². The minimum Gasteiger partial charge on any atom is -0.406 e. The summed E-state index contributed by atoms with van der Waals surface area (Å²) in [6.45, 7) is 0. The summed E-state index contributed by atoms with van der Waals surface area (Å²) in [6, 6.07) is 12.2. The second kappa shape index (κ2) is 8.32. The van der Waals surface area contributed by atoms with Gasteiger partial charge in [0.25, 0.3) is 0 Å². The third kappa shape index (κ3) is 4.89. The number of hydrogen-bond acceptors (Lipinski definition) is 8. The quantitative estimate of drug-likeness (QED) is 0.392. The Balaban J connectivity index is 1.44. The van der Waals surface area contributed by atoms with Crippen LogP contribution in [-0.2, 0) is 5.75 Å². The number of halogens is 4. The van der Waals surface area contributed by atoms with Crippen molar-refractivity contribution in [2.45, 2.75) is 17.3 Å². The first-order valence-electron chi connectivity index (χ1n) is 8.23. The fourth-order valence-corrected chi connectivity index (χ4v) is 3.23. The van der Waals surface area contributed by atoms with Crippen LogP contribution < -0.4 is 4.74 Å². The second-order valence-corrected chi connectivity index (χ2v) is 7.10. The summed E-state index contributed by atoms with van der Waals surface area (Å²) in [4.78, 5) is 4.32. The normalized spacial score (nSPS) is 11.6. The Morgan fingerprint density at radius 3 is 2.50 bits per heavy atom. The van der Waals surface area contributed by atoms with Crippen LogP contribution in [0.3, 0.4) is 0 Å². The number of hydrogen-bond donors (Lipinski definition) is 0. The van der Waals surface area contributed by atoms with Gasteiger partial charge >= 0.3 is 6.36 Å².